The number of anilines is 2. The van der Waals surface area contributed by atoms with Gasteiger partial charge in [0, 0.05) is 50.2 Å². The summed E-state index contributed by atoms with van der Waals surface area (Å²) in [5.41, 5.74) is 3.70. The normalized spacial score (nSPS) is 23.8. The fraction of sp³-hybridized carbons (Fsp3) is 0.567. The number of benzene rings is 2. The fourth-order valence-corrected chi connectivity index (χ4v) is 6.63. The largest absolute Gasteiger partial charge is 0.489 e. The van der Waals surface area contributed by atoms with Gasteiger partial charge in [0.15, 0.2) is 17.3 Å². The molecule has 2 aromatic rings. The molecular weight excluding hydrogens is 450 g/mol. The topological polar surface area (TPSA) is 54.0 Å². The number of ether oxygens (including phenoxy) is 2. The Morgan fingerprint density at radius 1 is 0.861 bits per heavy atom. The van der Waals surface area contributed by atoms with Crippen molar-refractivity contribution in [1.29, 1.82) is 0 Å². The fourth-order valence-electron chi connectivity index (χ4n) is 6.63. The number of hydrogen-bond donors (Lipinski definition) is 1. The van der Waals surface area contributed by atoms with Crippen molar-refractivity contribution in [3.8, 4) is 11.5 Å². The van der Waals surface area contributed by atoms with Crippen LogP contribution in [0.5, 0.6) is 11.5 Å². The average molecular weight is 490 g/mol. The molecule has 6 nitrogen and oxygen atoms in total. The number of hydrogen-bond acceptors (Lipinski definition) is 6. The lowest BCUT2D eigenvalue weighted by molar-refractivity contribution is -0.130. The maximum atomic E-state index is 14.1. The van der Waals surface area contributed by atoms with Gasteiger partial charge < -0.3 is 19.7 Å². The van der Waals surface area contributed by atoms with E-state index >= 15 is 0 Å². The zero-order valence-electron chi connectivity index (χ0n) is 21.3. The Labute approximate surface area is 214 Å². The Morgan fingerprint density at radius 3 is 2.53 bits per heavy atom. The first kappa shape index (κ1) is 23.7. The second-order valence-corrected chi connectivity index (χ2v) is 10.8. The number of para-hydroxylation sites is 2. The number of rotatable bonds is 5. The van der Waals surface area contributed by atoms with Gasteiger partial charge in [0.25, 0.3) is 0 Å². The van der Waals surface area contributed by atoms with Gasteiger partial charge in [-0.1, -0.05) is 43.5 Å². The van der Waals surface area contributed by atoms with Gasteiger partial charge in [0.2, 0.25) is 0 Å². The average Bonchev–Trinajstić information content (AvgIpc) is 3.20. The number of Topliss-reactive ketones (excluding diaryl/α,β-unsaturated/α-hetero) is 1. The zero-order valence-corrected chi connectivity index (χ0v) is 21.3. The summed E-state index contributed by atoms with van der Waals surface area (Å²) in [6.07, 6.45) is 8.74. The van der Waals surface area contributed by atoms with Crippen molar-refractivity contribution < 1.29 is 14.3 Å². The Morgan fingerprint density at radius 2 is 1.67 bits per heavy atom. The van der Waals surface area contributed by atoms with Crippen LogP contribution >= 0.6 is 0 Å². The van der Waals surface area contributed by atoms with Crippen molar-refractivity contribution in [3.05, 3.63) is 48.0 Å². The molecule has 3 heterocycles. The molecule has 0 spiro atoms. The highest BCUT2D eigenvalue weighted by Gasteiger charge is 2.40. The molecular formula is C30H39N3O3. The molecule has 6 heteroatoms. The lowest BCUT2D eigenvalue weighted by Crippen LogP contribution is -2.60. The number of piperazine rings is 1. The monoisotopic (exact) mass is 489 g/mol. The molecule has 2 unspecified atom stereocenters. The molecule has 0 amide bonds. The second-order valence-electron chi connectivity index (χ2n) is 10.8. The minimum atomic E-state index is -0.0592. The number of nitrogens with one attached hydrogen (secondary N) is 1. The molecule has 1 aliphatic carbocycles. The molecule has 2 fully saturated rings. The minimum Gasteiger partial charge on any atom is -0.489 e. The first-order valence-corrected chi connectivity index (χ1v) is 14.0. The zero-order chi connectivity index (χ0) is 24.3. The summed E-state index contributed by atoms with van der Waals surface area (Å²) in [5.74, 6) is 2.42. The van der Waals surface area contributed by atoms with Crippen molar-refractivity contribution in [3.63, 3.8) is 0 Å². The highest BCUT2D eigenvalue weighted by Crippen LogP contribution is 2.40. The predicted octanol–water partition coefficient (Wildman–Crippen LogP) is 4.91. The third kappa shape index (κ3) is 4.80. The highest BCUT2D eigenvalue weighted by atomic mass is 16.5. The van der Waals surface area contributed by atoms with Crippen LogP contribution in [0.15, 0.2) is 42.5 Å². The molecule has 192 valence electrons. The van der Waals surface area contributed by atoms with Crippen molar-refractivity contribution in [2.45, 2.75) is 63.5 Å². The molecule has 1 saturated carbocycles. The summed E-state index contributed by atoms with van der Waals surface area (Å²) >= 11 is 0. The van der Waals surface area contributed by atoms with Gasteiger partial charge in [-0.15, -0.1) is 0 Å². The number of aryl methyl sites for hydroxylation is 1. The molecule has 1 N–H and O–H groups in total. The van der Waals surface area contributed by atoms with Crippen molar-refractivity contribution in [2.75, 3.05) is 49.6 Å². The number of carbonyl (C=O) groups is 1. The number of ketones is 1. The molecule has 0 radical (unpaired) electrons. The van der Waals surface area contributed by atoms with Crippen LogP contribution in [0.4, 0.5) is 11.4 Å². The van der Waals surface area contributed by atoms with Crippen LogP contribution < -0.4 is 19.7 Å². The van der Waals surface area contributed by atoms with Gasteiger partial charge in [-0.3, -0.25) is 9.69 Å². The summed E-state index contributed by atoms with van der Waals surface area (Å²) in [6, 6.07) is 14.9. The smallest absolute Gasteiger partial charge is 0.184 e. The molecule has 0 aromatic heterocycles. The summed E-state index contributed by atoms with van der Waals surface area (Å²) in [5, 5.41) is 3.79. The van der Waals surface area contributed by atoms with E-state index in [-0.39, 0.29) is 18.0 Å². The first-order valence-electron chi connectivity index (χ1n) is 14.0. The molecule has 6 rings (SSSR count). The van der Waals surface area contributed by atoms with E-state index in [1.54, 1.807) is 0 Å². The van der Waals surface area contributed by atoms with Crippen LogP contribution in [-0.2, 0) is 11.2 Å². The van der Waals surface area contributed by atoms with E-state index in [4.69, 9.17) is 9.47 Å². The lowest BCUT2D eigenvalue weighted by Gasteiger charge is -2.45. The molecule has 2 aromatic carbocycles. The van der Waals surface area contributed by atoms with Gasteiger partial charge in [-0.05, 0) is 49.4 Å². The van der Waals surface area contributed by atoms with Crippen LogP contribution in [-0.4, -0.2) is 62.2 Å². The summed E-state index contributed by atoms with van der Waals surface area (Å²) in [6.45, 7) is 4.93. The predicted molar refractivity (Wildman–Crippen MR) is 143 cm³/mol. The molecule has 3 aliphatic heterocycles. The quantitative estimate of drug-likeness (QED) is 0.644. The van der Waals surface area contributed by atoms with Crippen LogP contribution in [0.25, 0.3) is 0 Å². The van der Waals surface area contributed by atoms with E-state index in [1.807, 2.05) is 6.07 Å². The second kappa shape index (κ2) is 10.7. The van der Waals surface area contributed by atoms with Crippen LogP contribution in [0, 0.1) is 5.92 Å². The SMILES string of the molecule is O=C(C1CCCCC1)C(C1CCc2ccccc2N1)N1CCN(c2cccc3c2OCCCO3)CC1. The minimum absolute atomic E-state index is 0.0592. The third-order valence-electron chi connectivity index (χ3n) is 8.56. The number of carbonyl (C=O) groups excluding carboxylic acids is 1. The van der Waals surface area contributed by atoms with Crippen LogP contribution in [0.1, 0.15) is 50.5 Å². The summed E-state index contributed by atoms with van der Waals surface area (Å²) in [7, 11) is 0. The van der Waals surface area contributed by atoms with Gasteiger partial charge in [0.05, 0.1) is 24.9 Å². The Bertz CT molecular complexity index is 1060. The molecule has 4 aliphatic rings. The summed E-state index contributed by atoms with van der Waals surface area (Å²) in [4.78, 5) is 19.0. The lowest BCUT2D eigenvalue weighted by atomic mass is 9.80. The highest BCUT2D eigenvalue weighted by molar-refractivity contribution is 5.88. The van der Waals surface area contributed by atoms with Crippen molar-refractivity contribution in [2.24, 2.45) is 5.92 Å². The van der Waals surface area contributed by atoms with E-state index < -0.39 is 0 Å². The Kier molecular flexibility index (Phi) is 7.04. The summed E-state index contributed by atoms with van der Waals surface area (Å²) < 4.78 is 12.0. The van der Waals surface area contributed by atoms with E-state index in [1.165, 1.54) is 30.5 Å². The van der Waals surface area contributed by atoms with Crippen molar-refractivity contribution >= 4 is 17.2 Å². The van der Waals surface area contributed by atoms with E-state index in [9.17, 15) is 4.79 Å². The maximum absolute atomic E-state index is 14.1. The van der Waals surface area contributed by atoms with E-state index in [0.717, 1.165) is 75.5 Å². The van der Waals surface area contributed by atoms with Crippen LogP contribution in [0.3, 0.4) is 0 Å². The van der Waals surface area contributed by atoms with Gasteiger partial charge in [-0.25, -0.2) is 0 Å². The number of nitrogens with zero attached hydrogens (tertiary/aromatic N) is 2. The van der Waals surface area contributed by atoms with Crippen molar-refractivity contribution in [1.82, 2.24) is 4.90 Å². The number of fused-ring (bicyclic) bond motifs is 2. The molecule has 0 bridgehead atoms. The molecule has 1 saturated heterocycles. The van der Waals surface area contributed by atoms with Gasteiger partial charge in [-0.2, -0.15) is 0 Å². The molecule has 2 atom stereocenters. The third-order valence-corrected chi connectivity index (χ3v) is 8.56. The standard InChI is InChI=1S/C30H39N3O3/c34-29(23-9-2-1-3-10-23)28(25-15-14-22-8-4-5-11-24(22)31-25)33-18-16-32(17-19-33)26-12-6-13-27-30(26)36-21-7-20-35-27/h4-6,8,11-13,23,25,28,31H,1-3,7,9-10,14-21H2. The Balaban J connectivity index is 1.21. The maximum Gasteiger partial charge on any atom is 0.184 e. The van der Waals surface area contributed by atoms with Crippen LogP contribution in [0.2, 0.25) is 0 Å². The van der Waals surface area contributed by atoms with Gasteiger partial charge in [0.1, 0.15) is 0 Å². The first-order chi connectivity index (χ1) is 17.8. The van der Waals surface area contributed by atoms with E-state index in [0.29, 0.717) is 19.0 Å². The van der Waals surface area contributed by atoms with E-state index in [2.05, 4.69) is 51.5 Å². The molecule has 36 heavy (non-hydrogen) atoms. The van der Waals surface area contributed by atoms with Gasteiger partial charge >= 0.3 is 0 Å². The Hall–Kier alpha value is -2.73.